The molecule has 5 nitrogen and oxygen atoms in total. The summed E-state index contributed by atoms with van der Waals surface area (Å²) in [5.74, 6) is 1.14. The van der Waals surface area contributed by atoms with E-state index in [4.69, 9.17) is 0 Å². The number of aromatic nitrogens is 2. The van der Waals surface area contributed by atoms with Crippen LogP contribution in [0.15, 0.2) is 6.20 Å². The molecule has 0 atom stereocenters. The molecule has 1 aromatic rings. The minimum atomic E-state index is -0.190. The Hall–Kier alpha value is -0.820. The summed E-state index contributed by atoms with van der Waals surface area (Å²) in [5, 5.41) is 9.71. The van der Waals surface area contributed by atoms with Gasteiger partial charge < -0.3 is 5.32 Å². The number of carbonyl (C=O) groups excluding carboxylic acids is 1. The fourth-order valence-electron chi connectivity index (χ4n) is 0.952. The van der Waals surface area contributed by atoms with Gasteiger partial charge in [0.2, 0.25) is 0 Å². The van der Waals surface area contributed by atoms with E-state index in [1.807, 2.05) is 11.8 Å². The molecule has 7 heteroatoms. The molecular formula is C8H14N4OS2. The number of unbranched alkanes of at least 4 members (excludes halogenated alkanes) is 1. The van der Waals surface area contributed by atoms with Crippen LogP contribution in [0.3, 0.4) is 0 Å². The minimum Gasteiger partial charge on any atom is -0.338 e. The van der Waals surface area contributed by atoms with Gasteiger partial charge in [-0.2, -0.15) is 11.8 Å². The summed E-state index contributed by atoms with van der Waals surface area (Å²) in [5.41, 5.74) is 0. The fraction of sp³-hybridized carbons (Fsp3) is 0.625. The number of hydrogen-bond donors (Lipinski definition) is 2. The summed E-state index contributed by atoms with van der Waals surface area (Å²) in [6.07, 6.45) is 5.74. The Balaban J connectivity index is 2.04. The van der Waals surface area contributed by atoms with Crippen LogP contribution in [0.2, 0.25) is 0 Å². The van der Waals surface area contributed by atoms with Crippen LogP contribution in [0, 0.1) is 0 Å². The van der Waals surface area contributed by atoms with Crippen molar-refractivity contribution in [3.05, 3.63) is 6.20 Å². The van der Waals surface area contributed by atoms with Crippen molar-refractivity contribution in [3.63, 3.8) is 0 Å². The number of thioether (sulfide) groups is 1. The maximum absolute atomic E-state index is 11.3. The van der Waals surface area contributed by atoms with Gasteiger partial charge in [-0.3, -0.25) is 5.32 Å². The van der Waals surface area contributed by atoms with Crippen molar-refractivity contribution in [2.45, 2.75) is 12.8 Å². The molecule has 0 unspecified atom stereocenters. The molecule has 84 valence electrons. The van der Waals surface area contributed by atoms with Crippen LogP contribution in [0.1, 0.15) is 12.8 Å². The molecule has 1 heterocycles. The number of rotatable bonds is 6. The summed E-state index contributed by atoms with van der Waals surface area (Å²) in [7, 11) is 0. The van der Waals surface area contributed by atoms with E-state index in [-0.39, 0.29) is 6.03 Å². The van der Waals surface area contributed by atoms with Crippen LogP contribution >= 0.6 is 23.3 Å². The summed E-state index contributed by atoms with van der Waals surface area (Å²) >= 11 is 2.98. The van der Waals surface area contributed by atoms with Crippen molar-refractivity contribution < 1.29 is 4.79 Å². The minimum absolute atomic E-state index is 0.190. The molecule has 0 aromatic carbocycles. The van der Waals surface area contributed by atoms with Crippen LogP contribution < -0.4 is 10.6 Å². The average molecular weight is 246 g/mol. The van der Waals surface area contributed by atoms with Crippen molar-refractivity contribution >= 4 is 34.3 Å². The van der Waals surface area contributed by atoms with Gasteiger partial charge in [-0.25, -0.2) is 4.79 Å². The third-order valence-corrected chi connectivity index (χ3v) is 2.94. The Kier molecular flexibility index (Phi) is 6.10. The Morgan fingerprint density at radius 2 is 2.47 bits per heavy atom. The molecule has 15 heavy (non-hydrogen) atoms. The van der Waals surface area contributed by atoms with Crippen molar-refractivity contribution in [2.75, 3.05) is 23.9 Å². The molecule has 2 N–H and O–H groups in total. The lowest BCUT2D eigenvalue weighted by Crippen LogP contribution is -2.29. The molecular weight excluding hydrogens is 232 g/mol. The maximum atomic E-state index is 11.3. The van der Waals surface area contributed by atoms with Gasteiger partial charge in [-0.1, -0.05) is 4.49 Å². The van der Waals surface area contributed by atoms with Crippen molar-refractivity contribution in [3.8, 4) is 0 Å². The van der Waals surface area contributed by atoms with Gasteiger partial charge in [0.25, 0.3) is 0 Å². The highest BCUT2D eigenvalue weighted by atomic mass is 32.2. The Morgan fingerprint density at radius 3 is 3.13 bits per heavy atom. The van der Waals surface area contributed by atoms with Crippen LogP contribution in [-0.2, 0) is 0 Å². The van der Waals surface area contributed by atoms with Crippen LogP contribution in [0.5, 0.6) is 0 Å². The normalized spacial score (nSPS) is 9.93. The van der Waals surface area contributed by atoms with E-state index >= 15 is 0 Å². The van der Waals surface area contributed by atoms with Crippen LogP contribution in [0.4, 0.5) is 9.80 Å². The standard InChI is InChI=1S/C8H14N4OS2/c1-14-5-3-2-4-9-8(13)11-7-6-10-12-15-7/h6H,2-5H2,1H3,(H2,9,11,13). The zero-order valence-electron chi connectivity index (χ0n) is 8.52. The van der Waals surface area contributed by atoms with Crippen molar-refractivity contribution in [1.29, 1.82) is 0 Å². The quantitative estimate of drug-likeness (QED) is 0.751. The average Bonchev–Trinajstić information content (AvgIpc) is 2.70. The highest BCUT2D eigenvalue weighted by Gasteiger charge is 2.01. The van der Waals surface area contributed by atoms with E-state index in [9.17, 15) is 4.79 Å². The van der Waals surface area contributed by atoms with Gasteiger partial charge in [-0.15, -0.1) is 5.10 Å². The van der Waals surface area contributed by atoms with Gasteiger partial charge in [0.05, 0.1) is 6.20 Å². The Morgan fingerprint density at radius 1 is 1.60 bits per heavy atom. The zero-order chi connectivity index (χ0) is 10.9. The predicted molar refractivity (Wildman–Crippen MR) is 64.5 cm³/mol. The molecule has 0 saturated heterocycles. The summed E-state index contributed by atoms with van der Waals surface area (Å²) in [6, 6.07) is -0.190. The number of anilines is 1. The number of nitrogens with zero attached hydrogens (tertiary/aromatic N) is 2. The van der Waals surface area contributed by atoms with Gasteiger partial charge in [0.1, 0.15) is 5.00 Å². The molecule has 0 aliphatic rings. The molecule has 0 saturated carbocycles. The van der Waals surface area contributed by atoms with Crippen LogP contribution in [-0.4, -0.2) is 34.2 Å². The molecule has 2 amide bonds. The van der Waals surface area contributed by atoms with Crippen LogP contribution in [0.25, 0.3) is 0 Å². The number of amides is 2. The third kappa shape index (κ3) is 5.58. The van der Waals surface area contributed by atoms with E-state index in [1.165, 1.54) is 6.20 Å². The first-order chi connectivity index (χ1) is 7.33. The molecule has 1 rings (SSSR count). The smallest absolute Gasteiger partial charge is 0.319 e. The monoisotopic (exact) mass is 246 g/mol. The largest absolute Gasteiger partial charge is 0.338 e. The number of nitrogens with one attached hydrogen (secondary N) is 2. The second-order valence-corrected chi connectivity index (χ2v) is 4.63. The maximum Gasteiger partial charge on any atom is 0.319 e. The van der Waals surface area contributed by atoms with Crippen molar-refractivity contribution in [1.82, 2.24) is 14.9 Å². The highest BCUT2D eigenvalue weighted by Crippen LogP contribution is 2.08. The first-order valence-corrected chi connectivity index (χ1v) is 6.81. The molecule has 0 fully saturated rings. The third-order valence-electron chi connectivity index (χ3n) is 1.66. The Labute approximate surface area is 97.2 Å². The molecule has 0 spiro atoms. The lowest BCUT2D eigenvalue weighted by molar-refractivity contribution is 0.252. The first-order valence-electron chi connectivity index (χ1n) is 4.64. The lowest BCUT2D eigenvalue weighted by Gasteiger charge is -2.04. The molecule has 0 aliphatic heterocycles. The van der Waals surface area contributed by atoms with E-state index in [1.54, 1.807) is 0 Å². The van der Waals surface area contributed by atoms with Crippen molar-refractivity contribution in [2.24, 2.45) is 0 Å². The first kappa shape index (κ1) is 12.3. The number of carbonyl (C=O) groups is 1. The molecule has 0 radical (unpaired) electrons. The second-order valence-electron chi connectivity index (χ2n) is 2.86. The van der Waals surface area contributed by atoms with E-state index in [0.717, 1.165) is 30.1 Å². The van der Waals surface area contributed by atoms with Gasteiger partial charge in [0, 0.05) is 18.1 Å². The van der Waals surface area contributed by atoms with E-state index in [2.05, 4.69) is 26.5 Å². The fourth-order valence-corrected chi connectivity index (χ4v) is 1.86. The van der Waals surface area contributed by atoms with E-state index < -0.39 is 0 Å². The van der Waals surface area contributed by atoms with Gasteiger partial charge >= 0.3 is 6.03 Å². The summed E-state index contributed by atoms with van der Waals surface area (Å²) < 4.78 is 3.64. The number of urea groups is 1. The molecule has 0 aliphatic carbocycles. The topological polar surface area (TPSA) is 66.9 Å². The molecule has 0 bridgehead atoms. The summed E-state index contributed by atoms with van der Waals surface area (Å²) in [6.45, 7) is 0.707. The zero-order valence-corrected chi connectivity index (χ0v) is 10.2. The predicted octanol–water partition coefficient (Wildman–Crippen LogP) is 1.80. The second kappa shape index (κ2) is 7.47. The number of hydrogen-bond acceptors (Lipinski definition) is 5. The Bertz CT molecular complexity index is 278. The SMILES string of the molecule is CSCCCCNC(=O)Nc1cnns1. The molecule has 1 aromatic heterocycles. The van der Waals surface area contributed by atoms with Gasteiger partial charge in [0.15, 0.2) is 0 Å². The summed E-state index contributed by atoms with van der Waals surface area (Å²) in [4.78, 5) is 11.3. The lowest BCUT2D eigenvalue weighted by atomic mass is 10.3. The highest BCUT2D eigenvalue weighted by molar-refractivity contribution is 7.98. The van der Waals surface area contributed by atoms with Gasteiger partial charge in [-0.05, 0) is 24.9 Å². The van der Waals surface area contributed by atoms with E-state index in [0.29, 0.717) is 11.5 Å².